The van der Waals surface area contributed by atoms with E-state index in [1.54, 1.807) is 0 Å². The molecule has 1 aliphatic carbocycles. The lowest BCUT2D eigenvalue weighted by molar-refractivity contribution is -0.144. The van der Waals surface area contributed by atoms with E-state index in [2.05, 4.69) is 33.8 Å². The molecule has 0 spiro atoms. The zero-order valence-corrected chi connectivity index (χ0v) is 10.2. The van der Waals surface area contributed by atoms with Crippen LogP contribution in [0.1, 0.15) is 47.0 Å². The van der Waals surface area contributed by atoms with Crippen LogP contribution in [0.3, 0.4) is 0 Å². The zero-order chi connectivity index (χ0) is 11.6. The summed E-state index contributed by atoms with van der Waals surface area (Å²) in [5.41, 5.74) is 1.04. The Morgan fingerprint density at radius 2 is 2.27 bits per heavy atom. The van der Waals surface area contributed by atoms with E-state index in [0.717, 1.165) is 24.8 Å². The van der Waals surface area contributed by atoms with Gasteiger partial charge >= 0.3 is 5.97 Å². The molecular formula is C13H22O2. The van der Waals surface area contributed by atoms with E-state index in [-0.39, 0.29) is 11.3 Å². The number of carboxylic acid groups (broad SMARTS) is 1. The molecule has 0 aromatic rings. The smallest absolute Gasteiger partial charge is 0.311 e. The molecule has 2 heteroatoms. The van der Waals surface area contributed by atoms with Crippen molar-refractivity contribution in [1.82, 2.24) is 0 Å². The lowest BCUT2D eigenvalue weighted by atomic mass is 9.65. The molecule has 0 aliphatic heterocycles. The van der Waals surface area contributed by atoms with Gasteiger partial charge in [-0.2, -0.15) is 0 Å². The van der Waals surface area contributed by atoms with E-state index in [1.165, 1.54) is 0 Å². The second-order valence-corrected chi connectivity index (χ2v) is 5.31. The Morgan fingerprint density at radius 1 is 1.67 bits per heavy atom. The monoisotopic (exact) mass is 210 g/mol. The molecular weight excluding hydrogens is 188 g/mol. The second-order valence-electron chi connectivity index (χ2n) is 5.31. The summed E-state index contributed by atoms with van der Waals surface area (Å²) in [5.74, 6) is -0.557. The van der Waals surface area contributed by atoms with Crippen LogP contribution in [0, 0.1) is 17.3 Å². The molecule has 0 radical (unpaired) electrons. The van der Waals surface area contributed by atoms with Crippen LogP contribution in [-0.2, 0) is 4.79 Å². The number of carboxylic acids is 1. The van der Waals surface area contributed by atoms with Gasteiger partial charge in [0.25, 0.3) is 0 Å². The number of rotatable bonds is 3. The fraction of sp³-hybridized carbons (Fsp3) is 0.769. The Morgan fingerprint density at radius 3 is 2.73 bits per heavy atom. The van der Waals surface area contributed by atoms with Gasteiger partial charge in [0.15, 0.2) is 0 Å². The highest BCUT2D eigenvalue weighted by molar-refractivity contribution is 5.75. The molecule has 0 heterocycles. The molecule has 2 atom stereocenters. The quantitative estimate of drug-likeness (QED) is 0.724. The van der Waals surface area contributed by atoms with Crippen LogP contribution in [0.2, 0.25) is 0 Å². The van der Waals surface area contributed by atoms with Crippen molar-refractivity contribution in [3.05, 3.63) is 11.6 Å². The fourth-order valence-electron chi connectivity index (χ4n) is 2.52. The molecule has 2 unspecified atom stereocenters. The summed E-state index contributed by atoms with van der Waals surface area (Å²) in [6.07, 6.45) is 5.17. The minimum Gasteiger partial charge on any atom is -0.481 e. The largest absolute Gasteiger partial charge is 0.481 e. The zero-order valence-electron chi connectivity index (χ0n) is 10.2. The number of carbonyl (C=O) groups is 1. The van der Waals surface area contributed by atoms with E-state index >= 15 is 0 Å². The topological polar surface area (TPSA) is 37.3 Å². The second kappa shape index (κ2) is 4.38. The average molecular weight is 210 g/mol. The summed E-state index contributed by atoms with van der Waals surface area (Å²) in [6.45, 7) is 8.39. The van der Waals surface area contributed by atoms with Crippen LogP contribution in [0.5, 0.6) is 0 Å². The van der Waals surface area contributed by atoms with Gasteiger partial charge in [-0.25, -0.2) is 0 Å². The van der Waals surface area contributed by atoms with Crippen molar-refractivity contribution in [3.8, 4) is 0 Å². The Balaban J connectivity index is 3.03. The molecule has 0 aromatic heterocycles. The SMILES string of the molecule is CCC(C)C1=CCCC(C)(C)C1C(=O)O. The van der Waals surface area contributed by atoms with Gasteiger partial charge in [0.05, 0.1) is 5.92 Å². The average Bonchev–Trinajstić information content (AvgIpc) is 2.14. The maximum atomic E-state index is 11.4. The van der Waals surface area contributed by atoms with E-state index in [1.807, 2.05) is 0 Å². The van der Waals surface area contributed by atoms with Crippen molar-refractivity contribution < 1.29 is 9.90 Å². The predicted molar refractivity (Wildman–Crippen MR) is 61.7 cm³/mol. The van der Waals surface area contributed by atoms with Crippen molar-refractivity contribution in [2.24, 2.45) is 17.3 Å². The molecule has 0 saturated carbocycles. The minimum absolute atomic E-state index is 0.0979. The van der Waals surface area contributed by atoms with Gasteiger partial charge in [0, 0.05) is 0 Å². The van der Waals surface area contributed by atoms with Crippen LogP contribution >= 0.6 is 0 Å². The molecule has 0 amide bonds. The van der Waals surface area contributed by atoms with Crippen molar-refractivity contribution in [1.29, 1.82) is 0 Å². The normalized spacial score (nSPS) is 26.9. The van der Waals surface area contributed by atoms with Gasteiger partial charge in [0.1, 0.15) is 0 Å². The molecule has 15 heavy (non-hydrogen) atoms. The summed E-state index contributed by atoms with van der Waals surface area (Å²) in [7, 11) is 0. The first kappa shape index (κ1) is 12.3. The third-order valence-corrected chi connectivity index (χ3v) is 3.71. The van der Waals surface area contributed by atoms with Gasteiger partial charge in [-0.05, 0) is 30.6 Å². The molecule has 1 N–H and O–H groups in total. The number of aliphatic carboxylic acids is 1. The summed E-state index contributed by atoms with van der Waals surface area (Å²) >= 11 is 0. The number of allylic oxidation sites excluding steroid dienone is 1. The first-order valence-corrected chi connectivity index (χ1v) is 5.83. The first-order chi connectivity index (χ1) is 6.90. The molecule has 1 aliphatic rings. The highest BCUT2D eigenvalue weighted by Gasteiger charge is 2.40. The van der Waals surface area contributed by atoms with Crippen molar-refractivity contribution in [3.63, 3.8) is 0 Å². The Labute approximate surface area is 92.4 Å². The van der Waals surface area contributed by atoms with Crippen LogP contribution < -0.4 is 0 Å². The van der Waals surface area contributed by atoms with Crippen molar-refractivity contribution in [2.75, 3.05) is 0 Å². The van der Waals surface area contributed by atoms with Crippen LogP contribution in [0.4, 0.5) is 0 Å². The lowest BCUT2D eigenvalue weighted by Crippen LogP contribution is -2.36. The number of hydrogen-bond acceptors (Lipinski definition) is 1. The molecule has 2 nitrogen and oxygen atoms in total. The molecule has 1 rings (SSSR count). The maximum absolute atomic E-state index is 11.4. The fourth-order valence-corrected chi connectivity index (χ4v) is 2.52. The van der Waals surface area contributed by atoms with Gasteiger partial charge in [-0.3, -0.25) is 4.79 Å². The molecule has 0 aromatic carbocycles. The lowest BCUT2D eigenvalue weighted by Gasteiger charge is -2.38. The van der Waals surface area contributed by atoms with Crippen LogP contribution in [0.15, 0.2) is 11.6 Å². The Kier molecular flexibility index (Phi) is 3.58. The van der Waals surface area contributed by atoms with E-state index in [0.29, 0.717) is 5.92 Å². The number of hydrogen-bond donors (Lipinski definition) is 1. The third-order valence-electron chi connectivity index (χ3n) is 3.71. The summed E-state index contributed by atoms with van der Waals surface area (Å²) < 4.78 is 0. The van der Waals surface area contributed by atoms with Crippen molar-refractivity contribution >= 4 is 5.97 Å². The highest BCUT2D eigenvalue weighted by atomic mass is 16.4. The van der Waals surface area contributed by atoms with Gasteiger partial charge in [-0.1, -0.05) is 39.3 Å². The van der Waals surface area contributed by atoms with Gasteiger partial charge < -0.3 is 5.11 Å². The Hall–Kier alpha value is -0.790. The standard InChI is InChI=1S/C13H22O2/c1-5-9(2)10-7-6-8-13(3,4)11(10)12(14)15/h7,9,11H,5-6,8H2,1-4H3,(H,14,15). The third kappa shape index (κ3) is 2.42. The summed E-state index contributed by atoms with van der Waals surface area (Å²) in [4.78, 5) is 11.4. The molecule has 0 fully saturated rings. The van der Waals surface area contributed by atoms with E-state index in [9.17, 15) is 9.90 Å². The maximum Gasteiger partial charge on any atom is 0.311 e. The van der Waals surface area contributed by atoms with Crippen LogP contribution in [0.25, 0.3) is 0 Å². The summed E-state index contributed by atoms with van der Waals surface area (Å²) in [5, 5.41) is 9.35. The van der Waals surface area contributed by atoms with E-state index in [4.69, 9.17) is 0 Å². The first-order valence-electron chi connectivity index (χ1n) is 5.83. The van der Waals surface area contributed by atoms with Crippen molar-refractivity contribution in [2.45, 2.75) is 47.0 Å². The summed E-state index contributed by atoms with van der Waals surface area (Å²) in [6, 6.07) is 0. The molecule has 0 bridgehead atoms. The Bertz CT molecular complexity index is 276. The van der Waals surface area contributed by atoms with Crippen LogP contribution in [-0.4, -0.2) is 11.1 Å². The minimum atomic E-state index is -0.661. The highest BCUT2D eigenvalue weighted by Crippen LogP contribution is 2.44. The van der Waals surface area contributed by atoms with E-state index < -0.39 is 5.97 Å². The predicted octanol–water partition coefficient (Wildman–Crippen LogP) is 3.48. The van der Waals surface area contributed by atoms with Gasteiger partial charge in [-0.15, -0.1) is 0 Å². The molecule has 0 saturated heterocycles. The molecule has 86 valence electrons. The van der Waals surface area contributed by atoms with Gasteiger partial charge in [0.2, 0.25) is 0 Å².